The first kappa shape index (κ1) is 16.3. The maximum absolute atomic E-state index is 6.37. The Morgan fingerprint density at radius 2 is 2.05 bits per heavy atom. The molecule has 0 fully saturated rings. The first-order valence-corrected chi connectivity index (χ1v) is 7.72. The largest absolute Gasteiger partial charge is 0.369 e. The molecule has 0 saturated carbocycles. The molecule has 0 aliphatic heterocycles. The molecule has 108 valence electrons. The minimum absolute atomic E-state index is 0.542. The van der Waals surface area contributed by atoms with Gasteiger partial charge in [-0.05, 0) is 38.9 Å². The summed E-state index contributed by atoms with van der Waals surface area (Å²) in [7, 11) is 1.97. The maximum Gasteiger partial charge on any atom is 0.0471 e. The molecule has 1 N–H and O–H groups in total. The number of hydrogen-bond donors (Lipinski definition) is 1. The van der Waals surface area contributed by atoms with Gasteiger partial charge in [-0.3, -0.25) is 0 Å². The van der Waals surface area contributed by atoms with Crippen LogP contribution in [0.5, 0.6) is 0 Å². The predicted octanol–water partition coefficient (Wildman–Crippen LogP) is 4.46. The van der Waals surface area contributed by atoms with Crippen molar-refractivity contribution in [2.45, 2.75) is 52.6 Å². The predicted molar refractivity (Wildman–Crippen MR) is 86.2 cm³/mol. The van der Waals surface area contributed by atoms with Crippen molar-refractivity contribution in [1.29, 1.82) is 0 Å². The van der Waals surface area contributed by atoms with E-state index in [0.717, 1.165) is 24.5 Å². The van der Waals surface area contributed by atoms with Gasteiger partial charge in [-0.2, -0.15) is 0 Å². The molecule has 0 spiro atoms. The minimum atomic E-state index is 0.542. The molecule has 1 aromatic rings. The molecule has 0 bridgehead atoms. The number of unbranched alkanes of at least 4 members (excludes halogenated alkanes) is 1. The zero-order valence-electron chi connectivity index (χ0n) is 12.7. The molecule has 3 heteroatoms. The van der Waals surface area contributed by atoms with Crippen LogP contribution in [0.4, 0.5) is 5.69 Å². The molecule has 0 aliphatic carbocycles. The molecule has 1 atom stereocenters. The van der Waals surface area contributed by atoms with Gasteiger partial charge in [0.25, 0.3) is 0 Å². The van der Waals surface area contributed by atoms with Gasteiger partial charge in [-0.25, -0.2) is 0 Å². The van der Waals surface area contributed by atoms with Crippen LogP contribution in [0.15, 0.2) is 18.2 Å². The van der Waals surface area contributed by atoms with E-state index in [0.29, 0.717) is 6.04 Å². The van der Waals surface area contributed by atoms with E-state index in [9.17, 15) is 0 Å². The second-order valence-corrected chi connectivity index (χ2v) is 5.48. The van der Waals surface area contributed by atoms with Gasteiger partial charge >= 0.3 is 0 Å². The van der Waals surface area contributed by atoms with Crippen molar-refractivity contribution in [1.82, 2.24) is 5.32 Å². The van der Waals surface area contributed by atoms with Crippen LogP contribution in [0.1, 0.15) is 45.6 Å². The topological polar surface area (TPSA) is 15.3 Å². The first-order valence-electron chi connectivity index (χ1n) is 7.34. The standard InChI is InChI=1S/C16H27ClN2/c1-5-7-11-19(13(3)6-2)16-10-8-9-15(17)14(16)12-18-4/h8-10,13,18H,5-7,11-12H2,1-4H3. The van der Waals surface area contributed by atoms with E-state index < -0.39 is 0 Å². The van der Waals surface area contributed by atoms with Crippen molar-refractivity contribution >= 4 is 17.3 Å². The Bertz CT molecular complexity index is 379. The quantitative estimate of drug-likeness (QED) is 0.757. The highest BCUT2D eigenvalue weighted by molar-refractivity contribution is 6.31. The van der Waals surface area contributed by atoms with Gasteiger partial charge in [-0.1, -0.05) is 37.9 Å². The van der Waals surface area contributed by atoms with Crippen LogP contribution in [-0.2, 0) is 6.54 Å². The molecule has 0 heterocycles. The van der Waals surface area contributed by atoms with E-state index in [1.54, 1.807) is 0 Å². The van der Waals surface area contributed by atoms with Gasteiger partial charge in [0, 0.05) is 35.4 Å². The summed E-state index contributed by atoms with van der Waals surface area (Å²) in [6.07, 6.45) is 3.58. The average molecular weight is 283 g/mol. The second kappa shape index (κ2) is 8.44. The van der Waals surface area contributed by atoms with Crippen LogP contribution in [0.2, 0.25) is 5.02 Å². The Morgan fingerprint density at radius 3 is 2.63 bits per heavy atom. The van der Waals surface area contributed by atoms with Gasteiger partial charge in [-0.15, -0.1) is 0 Å². The third kappa shape index (κ3) is 4.39. The fourth-order valence-electron chi connectivity index (χ4n) is 2.30. The van der Waals surface area contributed by atoms with Crippen LogP contribution >= 0.6 is 11.6 Å². The zero-order chi connectivity index (χ0) is 14.3. The van der Waals surface area contributed by atoms with Crippen LogP contribution in [-0.4, -0.2) is 19.6 Å². The van der Waals surface area contributed by atoms with Crippen molar-refractivity contribution in [2.24, 2.45) is 0 Å². The number of benzene rings is 1. The molecule has 1 rings (SSSR count). The Kier molecular flexibility index (Phi) is 7.25. The Hall–Kier alpha value is -0.730. The first-order chi connectivity index (χ1) is 9.15. The normalized spacial score (nSPS) is 12.5. The van der Waals surface area contributed by atoms with Gasteiger partial charge < -0.3 is 10.2 Å². The molecule has 19 heavy (non-hydrogen) atoms. The lowest BCUT2D eigenvalue weighted by Gasteiger charge is -2.33. The van der Waals surface area contributed by atoms with Gasteiger partial charge in [0.1, 0.15) is 0 Å². The van der Waals surface area contributed by atoms with Gasteiger partial charge in [0.2, 0.25) is 0 Å². The fourth-order valence-corrected chi connectivity index (χ4v) is 2.53. The van der Waals surface area contributed by atoms with Crippen molar-refractivity contribution in [3.05, 3.63) is 28.8 Å². The van der Waals surface area contributed by atoms with Crippen molar-refractivity contribution in [3.63, 3.8) is 0 Å². The number of nitrogens with one attached hydrogen (secondary N) is 1. The van der Waals surface area contributed by atoms with Crippen LogP contribution in [0.3, 0.4) is 0 Å². The number of nitrogens with zero attached hydrogens (tertiary/aromatic N) is 1. The molecule has 0 saturated heterocycles. The highest BCUT2D eigenvalue weighted by atomic mass is 35.5. The van der Waals surface area contributed by atoms with E-state index in [1.807, 2.05) is 13.1 Å². The summed E-state index contributed by atoms with van der Waals surface area (Å²) in [5.74, 6) is 0. The molecular weight excluding hydrogens is 256 g/mol. The van der Waals surface area contributed by atoms with Crippen molar-refractivity contribution in [3.8, 4) is 0 Å². The number of rotatable bonds is 8. The monoisotopic (exact) mass is 282 g/mol. The number of halogens is 1. The zero-order valence-corrected chi connectivity index (χ0v) is 13.4. The number of anilines is 1. The lowest BCUT2D eigenvalue weighted by Crippen LogP contribution is -2.34. The van der Waals surface area contributed by atoms with E-state index in [-0.39, 0.29) is 0 Å². The lowest BCUT2D eigenvalue weighted by atomic mass is 10.1. The molecule has 0 amide bonds. The summed E-state index contributed by atoms with van der Waals surface area (Å²) in [6, 6.07) is 6.77. The molecule has 1 aromatic carbocycles. The highest BCUT2D eigenvalue weighted by Crippen LogP contribution is 2.29. The van der Waals surface area contributed by atoms with Crippen molar-refractivity contribution < 1.29 is 0 Å². The van der Waals surface area contributed by atoms with E-state index >= 15 is 0 Å². The summed E-state index contributed by atoms with van der Waals surface area (Å²) in [4.78, 5) is 2.50. The third-order valence-electron chi connectivity index (χ3n) is 3.63. The molecule has 0 radical (unpaired) electrons. The molecule has 2 nitrogen and oxygen atoms in total. The molecule has 0 aromatic heterocycles. The second-order valence-electron chi connectivity index (χ2n) is 5.07. The van der Waals surface area contributed by atoms with Gasteiger partial charge in [0.15, 0.2) is 0 Å². The van der Waals surface area contributed by atoms with Crippen LogP contribution < -0.4 is 10.2 Å². The summed E-state index contributed by atoms with van der Waals surface area (Å²) >= 11 is 6.37. The van der Waals surface area contributed by atoms with Gasteiger partial charge in [0.05, 0.1) is 0 Å². The molecule has 1 unspecified atom stereocenters. The SMILES string of the molecule is CCCCN(c1cccc(Cl)c1CNC)C(C)CC. The lowest BCUT2D eigenvalue weighted by molar-refractivity contribution is 0.592. The van der Waals surface area contributed by atoms with Crippen LogP contribution in [0.25, 0.3) is 0 Å². The van der Waals surface area contributed by atoms with E-state index in [4.69, 9.17) is 11.6 Å². The Labute approximate surface area is 123 Å². The molecule has 0 aliphatic rings. The summed E-state index contributed by atoms with van der Waals surface area (Å²) in [6.45, 7) is 8.68. The summed E-state index contributed by atoms with van der Waals surface area (Å²) < 4.78 is 0. The Morgan fingerprint density at radius 1 is 1.32 bits per heavy atom. The van der Waals surface area contributed by atoms with E-state index in [1.165, 1.54) is 24.1 Å². The third-order valence-corrected chi connectivity index (χ3v) is 3.99. The summed E-state index contributed by atoms with van der Waals surface area (Å²) in [5.41, 5.74) is 2.49. The minimum Gasteiger partial charge on any atom is -0.369 e. The summed E-state index contributed by atoms with van der Waals surface area (Å²) in [5, 5.41) is 4.08. The Balaban J connectivity index is 3.09. The highest BCUT2D eigenvalue weighted by Gasteiger charge is 2.17. The molecular formula is C16H27ClN2. The smallest absolute Gasteiger partial charge is 0.0471 e. The van der Waals surface area contributed by atoms with E-state index in [2.05, 4.69) is 43.1 Å². The average Bonchev–Trinajstić information content (AvgIpc) is 2.42. The fraction of sp³-hybridized carbons (Fsp3) is 0.625. The van der Waals surface area contributed by atoms with Crippen LogP contribution in [0, 0.1) is 0 Å². The van der Waals surface area contributed by atoms with Crippen molar-refractivity contribution in [2.75, 3.05) is 18.5 Å². The maximum atomic E-state index is 6.37. The number of hydrogen-bond acceptors (Lipinski definition) is 2.